The molecule has 0 atom stereocenters. The fourth-order valence-corrected chi connectivity index (χ4v) is 2.65. The van der Waals surface area contributed by atoms with Crippen molar-refractivity contribution in [1.29, 1.82) is 0 Å². The summed E-state index contributed by atoms with van der Waals surface area (Å²) < 4.78 is 60.0. The van der Waals surface area contributed by atoms with Crippen LogP contribution in [0.1, 0.15) is 6.92 Å². The molecule has 10 heteroatoms. The van der Waals surface area contributed by atoms with E-state index in [1.54, 1.807) is 0 Å². The second-order valence-corrected chi connectivity index (χ2v) is 6.26. The van der Waals surface area contributed by atoms with E-state index in [-0.39, 0.29) is 5.57 Å². The van der Waals surface area contributed by atoms with Gasteiger partial charge in [-0.15, -0.1) is 0 Å². The molecule has 0 amide bonds. The molecule has 0 spiro atoms. The van der Waals surface area contributed by atoms with Crippen LogP contribution in [0.25, 0.3) is 0 Å². The Hall–Kier alpha value is -1.75. The summed E-state index contributed by atoms with van der Waals surface area (Å²) in [7, 11) is -9.31. The van der Waals surface area contributed by atoms with Crippen molar-refractivity contribution in [1.82, 2.24) is 0 Å². The zero-order valence-corrected chi connectivity index (χ0v) is 11.8. The summed E-state index contributed by atoms with van der Waals surface area (Å²) in [5.74, 6) is -0.935. The van der Waals surface area contributed by atoms with Gasteiger partial charge < -0.3 is 5.11 Å². The van der Waals surface area contributed by atoms with E-state index in [4.69, 9.17) is 14.2 Å². The van der Waals surface area contributed by atoms with Crippen LogP contribution >= 0.6 is 0 Å². The van der Waals surface area contributed by atoms with Crippen molar-refractivity contribution >= 4 is 26.2 Å². The lowest BCUT2D eigenvalue weighted by molar-refractivity contribution is -0.132. The molecule has 8 nitrogen and oxygen atoms in total. The van der Waals surface area contributed by atoms with Crippen LogP contribution in [0.4, 0.5) is 0 Å². The first-order valence-corrected chi connectivity index (χ1v) is 7.68. The van der Waals surface area contributed by atoms with E-state index < -0.39 is 36.0 Å². The van der Waals surface area contributed by atoms with Gasteiger partial charge in [-0.05, 0) is 19.1 Å². The van der Waals surface area contributed by atoms with Gasteiger partial charge >= 0.3 is 5.97 Å². The Morgan fingerprint density at radius 3 is 1.40 bits per heavy atom. The van der Waals surface area contributed by atoms with E-state index in [0.717, 1.165) is 12.1 Å². The third-order valence-corrected chi connectivity index (χ3v) is 3.72. The van der Waals surface area contributed by atoms with E-state index >= 15 is 0 Å². The Kier molecular flexibility index (Phi) is 6.03. The number of carboxylic acids is 1. The highest BCUT2D eigenvalue weighted by atomic mass is 32.2. The van der Waals surface area contributed by atoms with Gasteiger partial charge in [-0.25, -0.2) is 4.79 Å². The lowest BCUT2D eigenvalue weighted by atomic mass is 10.4. The number of carboxylic acid groups (broad SMARTS) is 1. The second kappa shape index (κ2) is 6.61. The molecule has 0 radical (unpaired) electrons. The van der Waals surface area contributed by atoms with Crippen molar-refractivity contribution in [3.05, 3.63) is 36.4 Å². The fourth-order valence-electron chi connectivity index (χ4n) is 0.876. The lowest BCUT2D eigenvalue weighted by Gasteiger charge is -2.02. The van der Waals surface area contributed by atoms with Gasteiger partial charge in [0.05, 0.1) is 0 Å². The zero-order valence-electron chi connectivity index (χ0n) is 10.2. The minimum atomic E-state index is -4.66. The maximum atomic E-state index is 10.7. The van der Waals surface area contributed by atoms with Crippen LogP contribution in [-0.2, 0) is 25.0 Å². The Morgan fingerprint density at radius 1 is 1.00 bits per heavy atom. The van der Waals surface area contributed by atoms with E-state index in [1.165, 1.54) is 19.1 Å². The predicted octanol–water partition coefficient (Wildman–Crippen LogP) is 0.827. The summed E-state index contributed by atoms with van der Waals surface area (Å²) in [5.41, 5.74) is 0.176. The maximum absolute atomic E-state index is 10.7. The quantitative estimate of drug-likeness (QED) is 0.547. The summed E-state index contributed by atoms with van der Waals surface area (Å²) in [4.78, 5) is 7.91. The first-order valence-electron chi connectivity index (χ1n) is 4.80. The van der Waals surface area contributed by atoms with Gasteiger partial charge in [-0.2, -0.15) is 16.8 Å². The summed E-state index contributed by atoms with van der Waals surface area (Å²) >= 11 is 0. The third-order valence-electron chi connectivity index (χ3n) is 1.77. The monoisotopic (exact) mass is 324 g/mol. The van der Waals surface area contributed by atoms with Gasteiger partial charge in [0.25, 0.3) is 20.2 Å². The summed E-state index contributed by atoms with van der Waals surface area (Å²) in [5, 5.41) is 7.89. The van der Waals surface area contributed by atoms with Crippen LogP contribution in [0.3, 0.4) is 0 Å². The molecule has 0 fully saturated rings. The Bertz CT molecular complexity index is 652. The molecule has 0 heterocycles. The minimum Gasteiger partial charge on any atom is -0.478 e. The van der Waals surface area contributed by atoms with Crippen molar-refractivity contribution in [2.24, 2.45) is 0 Å². The van der Waals surface area contributed by atoms with Crippen LogP contribution in [0.5, 0.6) is 0 Å². The molecule has 0 unspecified atom stereocenters. The highest BCUT2D eigenvalue weighted by Gasteiger charge is 2.22. The molecule has 3 N–H and O–H groups in total. The number of carbonyl (C=O) groups is 1. The van der Waals surface area contributed by atoms with Gasteiger partial charge in [0, 0.05) is 5.57 Å². The van der Waals surface area contributed by atoms with Crippen molar-refractivity contribution in [2.75, 3.05) is 0 Å². The molecule has 0 saturated carbocycles. The number of hydrogen-bond acceptors (Lipinski definition) is 5. The fraction of sp³-hybridized carbons (Fsp3) is 0.100. The van der Waals surface area contributed by atoms with Crippen LogP contribution in [0.2, 0.25) is 0 Å². The second-order valence-electron chi connectivity index (χ2n) is 3.48. The highest BCUT2D eigenvalue weighted by molar-refractivity contribution is 7.89. The molecule has 0 bridgehead atoms. The summed E-state index contributed by atoms with van der Waals surface area (Å²) in [6, 6.07) is 4.19. The van der Waals surface area contributed by atoms with Gasteiger partial charge in [-0.1, -0.05) is 18.7 Å². The van der Waals surface area contributed by atoms with Crippen LogP contribution in [0.15, 0.2) is 46.2 Å². The molecule has 0 aliphatic rings. The molecule has 1 aromatic rings. The molecule has 20 heavy (non-hydrogen) atoms. The van der Waals surface area contributed by atoms with Crippen molar-refractivity contribution in [2.45, 2.75) is 16.7 Å². The first-order chi connectivity index (χ1) is 8.87. The van der Waals surface area contributed by atoms with Crippen LogP contribution in [-0.4, -0.2) is 37.0 Å². The largest absolute Gasteiger partial charge is 0.478 e. The van der Waals surface area contributed by atoms with E-state index in [9.17, 15) is 21.6 Å². The minimum absolute atomic E-state index is 0.176. The van der Waals surface area contributed by atoms with Crippen molar-refractivity contribution < 1.29 is 35.8 Å². The lowest BCUT2D eigenvalue weighted by Crippen LogP contribution is -2.07. The molecule has 0 aliphatic heterocycles. The molecule has 1 aromatic carbocycles. The maximum Gasteiger partial charge on any atom is 0.330 e. The molecular weight excluding hydrogens is 312 g/mol. The van der Waals surface area contributed by atoms with Crippen molar-refractivity contribution in [3.8, 4) is 0 Å². The van der Waals surface area contributed by atoms with Gasteiger partial charge in [0.2, 0.25) is 0 Å². The van der Waals surface area contributed by atoms with E-state index in [1.807, 2.05) is 0 Å². The predicted molar refractivity (Wildman–Crippen MR) is 68.5 cm³/mol. The topological polar surface area (TPSA) is 146 Å². The van der Waals surface area contributed by atoms with Crippen molar-refractivity contribution in [3.63, 3.8) is 0 Å². The number of hydrogen-bond donors (Lipinski definition) is 3. The first kappa shape index (κ1) is 18.2. The molecule has 0 saturated heterocycles. The summed E-state index contributed by atoms with van der Waals surface area (Å²) in [6.45, 7) is 4.60. The third kappa shape index (κ3) is 5.93. The number of benzene rings is 1. The molecule has 112 valence electrons. The number of rotatable bonds is 3. The Labute approximate surface area is 115 Å². The van der Waals surface area contributed by atoms with Gasteiger partial charge in [0.15, 0.2) is 0 Å². The van der Waals surface area contributed by atoms with E-state index in [0.29, 0.717) is 0 Å². The molecular formula is C10H12O8S2. The molecule has 1 rings (SSSR count). The zero-order chi connectivity index (χ0) is 16.1. The average Bonchev–Trinajstić information content (AvgIpc) is 2.27. The highest BCUT2D eigenvalue weighted by Crippen LogP contribution is 2.19. The smallest absolute Gasteiger partial charge is 0.330 e. The van der Waals surface area contributed by atoms with Gasteiger partial charge in [-0.3, -0.25) is 9.11 Å². The Morgan fingerprint density at radius 2 is 1.25 bits per heavy atom. The van der Waals surface area contributed by atoms with Gasteiger partial charge in [0.1, 0.15) is 9.79 Å². The molecule has 0 aromatic heterocycles. The SMILES string of the molecule is C=C(C)C(=O)O.O=S(=O)(O)c1ccccc1S(=O)(=O)O. The standard InChI is InChI=1S/C6H6O6S2.C4H6O2/c7-13(8,9)5-3-1-2-4-6(5)14(10,11)12;1-3(2)4(5)6/h1-4H,(H,7,8,9)(H,10,11,12);1H2,2H3,(H,5,6). The van der Waals surface area contributed by atoms with Crippen LogP contribution in [0, 0.1) is 0 Å². The number of aliphatic carboxylic acids is 1. The normalized spacial score (nSPS) is 11.2. The average molecular weight is 324 g/mol. The van der Waals surface area contributed by atoms with E-state index in [2.05, 4.69) is 6.58 Å². The summed E-state index contributed by atoms with van der Waals surface area (Å²) in [6.07, 6.45) is 0. The Balaban J connectivity index is 0.000000511. The van der Waals surface area contributed by atoms with Crippen LogP contribution < -0.4 is 0 Å². The molecule has 0 aliphatic carbocycles.